The number of anilines is 2. The Bertz CT molecular complexity index is 1090. The number of likely N-dealkylation sites (tertiary alicyclic amines) is 1. The molecular weight excluding hydrogens is 451 g/mol. The van der Waals surface area contributed by atoms with Crippen LogP contribution < -0.4 is 9.80 Å². The number of hydrogen-bond donors (Lipinski definition) is 1. The molecule has 0 radical (unpaired) electrons. The zero-order valence-corrected chi connectivity index (χ0v) is 19.7. The van der Waals surface area contributed by atoms with Gasteiger partial charge in [0.05, 0.1) is 16.2 Å². The van der Waals surface area contributed by atoms with Crippen LogP contribution in [0.2, 0.25) is 0 Å². The van der Waals surface area contributed by atoms with Crippen LogP contribution in [0, 0.1) is 21.3 Å². The Morgan fingerprint density at radius 1 is 0.971 bits per heavy atom. The molecule has 1 spiro atoms. The van der Waals surface area contributed by atoms with Crippen LogP contribution in [0.3, 0.4) is 0 Å². The zero-order chi connectivity index (χ0) is 24.6. The highest BCUT2D eigenvalue weighted by Gasteiger charge is 2.43. The van der Waals surface area contributed by atoms with Crippen molar-refractivity contribution in [2.24, 2.45) is 5.41 Å². The first kappa shape index (κ1) is 23.5. The number of nitrogens with zero attached hydrogens (tertiary/aromatic N) is 4. The molecular formula is C26H31FN4O4. The third-order valence-corrected chi connectivity index (χ3v) is 8.25. The van der Waals surface area contributed by atoms with Gasteiger partial charge >= 0.3 is 5.97 Å². The average Bonchev–Trinajstić information content (AvgIpc) is 3.28. The molecule has 0 unspecified atom stereocenters. The van der Waals surface area contributed by atoms with Crippen LogP contribution >= 0.6 is 0 Å². The summed E-state index contributed by atoms with van der Waals surface area (Å²) in [6.45, 7) is 5.53. The molecule has 2 aromatic rings. The van der Waals surface area contributed by atoms with E-state index in [0.717, 1.165) is 77.1 Å². The topological polar surface area (TPSA) is 90.2 Å². The number of non-ortho nitro benzene ring substituents is 1. The molecule has 35 heavy (non-hydrogen) atoms. The minimum absolute atomic E-state index is 0.120. The number of rotatable bonds is 5. The molecule has 3 saturated heterocycles. The van der Waals surface area contributed by atoms with E-state index in [1.165, 1.54) is 6.07 Å². The van der Waals surface area contributed by atoms with Crippen molar-refractivity contribution in [3.8, 4) is 0 Å². The summed E-state index contributed by atoms with van der Waals surface area (Å²) in [6, 6.07) is 12.0. The SMILES string of the molecule is O=C(O)c1cccc(N2CCC3(CC2)CCN(C2CCN(c4ccc([N+](=O)[O-])cc4)CC2)C3)c1F. The number of hydrogen-bond acceptors (Lipinski definition) is 6. The normalized spacial score (nSPS) is 20.9. The van der Waals surface area contributed by atoms with Gasteiger partial charge < -0.3 is 14.9 Å². The van der Waals surface area contributed by atoms with Gasteiger partial charge in [-0.25, -0.2) is 9.18 Å². The second-order valence-electron chi connectivity index (χ2n) is 10.1. The van der Waals surface area contributed by atoms with E-state index in [9.17, 15) is 24.4 Å². The minimum Gasteiger partial charge on any atom is -0.478 e. The Hall–Kier alpha value is -3.20. The Morgan fingerprint density at radius 2 is 1.63 bits per heavy atom. The van der Waals surface area contributed by atoms with Gasteiger partial charge in [0.2, 0.25) is 0 Å². The lowest BCUT2D eigenvalue weighted by Crippen LogP contribution is -2.46. The van der Waals surface area contributed by atoms with Crippen LogP contribution in [0.1, 0.15) is 42.5 Å². The molecule has 0 aliphatic carbocycles. The van der Waals surface area contributed by atoms with E-state index in [2.05, 4.69) is 9.80 Å². The monoisotopic (exact) mass is 482 g/mol. The van der Waals surface area contributed by atoms with Gasteiger partial charge in [0, 0.05) is 56.6 Å². The number of aromatic carboxylic acids is 1. The molecule has 186 valence electrons. The number of carboxylic acid groups (broad SMARTS) is 1. The van der Waals surface area contributed by atoms with Gasteiger partial charge in [-0.05, 0) is 68.3 Å². The van der Waals surface area contributed by atoms with Gasteiger partial charge in [0.1, 0.15) is 0 Å². The molecule has 2 aromatic carbocycles. The molecule has 3 aliphatic heterocycles. The lowest BCUT2D eigenvalue weighted by molar-refractivity contribution is -0.384. The Kier molecular flexibility index (Phi) is 6.35. The highest BCUT2D eigenvalue weighted by molar-refractivity contribution is 5.89. The maximum Gasteiger partial charge on any atom is 0.338 e. The highest BCUT2D eigenvalue weighted by atomic mass is 19.1. The van der Waals surface area contributed by atoms with Crippen molar-refractivity contribution < 1.29 is 19.2 Å². The summed E-state index contributed by atoms with van der Waals surface area (Å²) in [6.07, 6.45) is 5.28. The summed E-state index contributed by atoms with van der Waals surface area (Å²) in [7, 11) is 0. The largest absolute Gasteiger partial charge is 0.478 e. The van der Waals surface area contributed by atoms with Crippen LogP contribution in [-0.4, -0.2) is 66.2 Å². The summed E-state index contributed by atoms with van der Waals surface area (Å²) < 4.78 is 14.7. The van der Waals surface area contributed by atoms with Crippen molar-refractivity contribution in [3.05, 3.63) is 64.0 Å². The second-order valence-corrected chi connectivity index (χ2v) is 10.1. The number of halogens is 1. The van der Waals surface area contributed by atoms with Crippen molar-refractivity contribution in [1.29, 1.82) is 0 Å². The lowest BCUT2D eigenvalue weighted by atomic mass is 9.77. The molecule has 0 amide bonds. The molecule has 0 bridgehead atoms. The maximum absolute atomic E-state index is 14.7. The lowest BCUT2D eigenvalue weighted by Gasteiger charge is -2.42. The molecule has 5 rings (SSSR count). The summed E-state index contributed by atoms with van der Waals surface area (Å²) in [5, 5.41) is 20.1. The number of nitro benzene ring substituents is 1. The van der Waals surface area contributed by atoms with Crippen LogP contribution in [0.25, 0.3) is 0 Å². The van der Waals surface area contributed by atoms with E-state index in [1.54, 1.807) is 24.3 Å². The third-order valence-electron chi connectivity index (χ3n) is 8.25. The Balaban J connectivity index is 1.15. The first-order chi connectivity index (χ1) is 16.8. The molecule has 8 nitrogen and oxygen atoms in total. The van der Waals surface area contributed by atoms with Crippen LogP contribution in [-0.2, 0) is 0 Å². The van der Waals surface area contributed by atoms with Gasteiger partial charge in [-0.3, -0.25) is 15.0 Å². The van der Waals surface area contributed by atoms with E-state index >= 15 is 0 Å². The predicted molar refractivity (Wildman–Crippen MR) is 132 cm³/mol. The van der Waals surface area contributed by atoms with E-state index in [0.29, 0.717) is 11.7 Å². The fourth-order valence-electron chi connectivity index (χ4n) is 6.12. The van der Waals surface area contributed by atoms with Gasteiger partial charge in [0.15, 0.2) is 5.82 Å². The second kappa shape index (κ2) is 9.45. The maximum atomic E-state index is 14.7. The molecule has 9 heteroatoms. The van der Waals surface area contributed by atoms with Crippen molar-refractivity contribution >= 4 is 23.0 Å². The summed E-state index contributed by atoms with van der Waals surface area (Å²) >= 11 is 0. The molecule has 0 aromatic heterocycles. The quantitative estimate of drug-likeness (QED) is 0.499. The molecule has 1 N–H and O–H groups in total. The van der Waals surface area contributed by atoms with Crippen LogP contribution in [0.5, 0.6) is 0 Å². The highest BCUT2D eigenvalue weighted by Crippen LogP contribution is 2.43. The smallest absolute Gasteiger partial charge is 0.338 e. The number of benzene rings is 2. The molecule has 3 aliphatic rings. The molecule has 0 atom stereocenters. The standard InChI is InChI=1S/C26H31FN4O4/c27-24-22(25(32)33)2-1-3-23(24)29-15-10-26(11-16-29)12-17-30(18-26)20-8-13-28(14-9-20)19-4-6-21(7-5-19)31(34)35/h1-7,20H,8-18H2,(H,32,33). The predicted octanol–water partition coefficient (Wildman–Crippen LogP) is 4.39. The summed E-state index contributed by atoms with van der Waals surface area (Å²) in [5.74, 6) is -1.87. The third kappa shape index (κ3) is 4.69. The van der Waals surface area contributed by atoms with E-state index in [4.69, 9.17) is 0 Å². The molecule has 0 saturated carbocycles. The average molecular weight is 483 g/mol. The number of piperidine rings is 2. The first-order valence-electron chi connectivity index (χ1n) is 12.4. The minimum atomic E-state index is -1.23. The van der Waals surface area contributed by atoms with Gasteiger partial charge in [-0.1, -0.05) is 6.07 Å². The molecule has 3 fully saturated rings. The summed E-state index contributed by atoms with van der Waals surface area (Å²) in [5.41, 5.74) is 1.54. The van der Waals surface area contributed by atoms with E-state index in [-0.39, 0.29) is 21.6 Å². The first-order valence-corrected chi connectivity index (χ1v) is 12.4. The van der Waals surface area contributed by atoms with Gasteiger partial charge in [-0.15, -0.1) is 0 Å². The van der Waals surface area contributed by atoms with Crippen molar-refractivity contribution in [3.63, 3.8) is 0 Å². The van der Waals surface area contributed by atoms with Crippen LogP contribution in [0.15, 0.2) is 42.5 Å². The summed E-state index contributed by atoms with van der Waals surface area (Å²) in [4.78, 5) is 28.8. The molecule has 3 heterocycles. The van der Waals surface area contributed by atoms with Gasteiger partial charge in [0.25, 0.3) is 5.69 Å². The van der Waals surface area contributed by atoms with Gasteiger partial charge in [-0.2, -0.15) is 0 Å². The van der Waals surface area contributed by atoms with Crippen LogP contribution in [0.4, 0.5) is 21.5 Å². The van der Waals surface area contributed by atoms with Crippen molar-refractivity contribution in [1.82, 2.24) is 4.90 Å². The fourth-order valence-corrected chi connectivity index (χ4v) is 6.12. The van der Waals surface area contributed by atoms with E-state index < -0.39 is 11.8 Å². The number of nitro groups is 1. The number of carbonyl (C=O) groups is 1. The Labute approximate surface area is 204 Å². The fraction of sp³-hybridized carbons (Fsp3) is 0.500. The zero-order valence-electron chi connectivity index (χ0n) is 19.7. The van der Waals surface area contributed by atoms with Crippen molar-refractivity contribution in [2.75, 3.05) is 49.1 Å². The Morgan fingerprint density at radius 3 is 2.26 bits per heavy atom. The van der Waals surface area contributed by atoms with E-state index in [1.807, 2.05) is 17.0 Å². The number of carboxylic acids is 1. The van der Waals surface area contributed by atoms with Crippen molar-refractivity contribution in [2.45, 2.75) is 38.1 Å².